The average Bonchev–Trinajstić information content (AvgIpc) is 2.63. The van der Waals surface area contributed by atoms with E-state index in [2.05, 4.69) is 10.2 Å². The van der Waals surface area contributed by atoms with Crippen LogP contribution >= 0.6 is 35.3 Å². The Morgan fingerprint density at radius 1 is 1.33 bits per heavy atom. The molecule has 0 atom stereocenters. The fraction of sp³-hybridized carbons (Fsp3) is 0. The molecule has 0 unspecified atom stereocenters. The third-order valence-electron chi connectivity index (χ3n) is 1.74. The van der Waals surface area contributed by atoms with Crippen LogP contribution in [0.1, 0.15) is 0 Å². The van der Waals surface area contributed by atoms with Crippen molar-refractivity contribution in [1.29, 1.82) is 0 Å². The second-order valence-corrected chi connectivity index (χ2v) is 7.27. The van der Waals surface area contributed by atoms with Gasteiger partial charge < -0.3 is 4.55 Å². The molecule has 0 saturated heterocycles. The number of aromatic amines is 1. The molecule has 18 heavy (non-hydrogen) atoms. The Labute approximate surface area is 139 Å². The standard InChI is InChI=1S/C8H6N2O3S4.Na/c11-17(12,13)6-3-1-5(2-4-6)15-8-10-9-7(14)16-8;/h1-4H,(H,9,14)(H,11,12,13);/q;+1/p-1. The summed E-state index contributed by atoms with van der Waals surface area (Å²) in [4.78, 5) is 0.548. The molecule has 1 aromatic carbocycles. The number of hydrogen-bond donors (Lipinski definition) is 1. The quantitative estimate of drug-likeness (QED) is 0.454. The number of aromatic nitrogens is 2. The molecule has 1 heterocycles. The number of H-pyrrole nitrogens is 1. The fourth-order valence-electron chi connectivity index (χ4n) is 1.04. The molecular weight excluding hydrogens is 323 g/mol. The van der Waals surface area contributed by atoms with Gasteiger partial charge in [0.25, 0.3) is 0 Å². The third-order valence-corrected chi connectivity index (χ3v) is 4.74. The molecule has 0 radical (unpaired) electrons. The van der Waals surface area contributed by atoms with Crippen molar-refractivity contribution < 1.29 is 42.5 Å². The molecule has 0 saturated carbocycles. The Hall–Kier alpha value is 0.260. The summed E-state index contributed by atoms with van der Waals surface area (Å²) in [5.41, 5.74) is 0. The Kier molecular flexibility index (Phi) is 6.00. The van der Waals surface area contributed by atoms with Crippen molar-refractivity contribution in [3.05, 3.63) is 28.2 Å². The largest absolute Gasteiger partial charge is 1.00 e. The van der Waals surface area contributed by atoms with Crippen LogP contribution < -0.4 is 29.6 Å². The van der Waals surface area contributed by atoms with Crippen molar-refractivity contribution in [3.63, 3.8) is 0 Å². The van der Waals surface area contributed by atoms with Gasteiger partial charge in [0.15, 0.2) is 8.29 Å². The minimum absolute atomic E-state index is 0. The van der Waals surface area contributed by atoms with E-state index in [1.54, 1.807) is 12.1 Å². The summed E-state index contributed by atoms with van der Waals surface area (Å²) >= 11 is 7.55. The van der Waals surface area contributed by atoms with Crippen LogP contribution in [0.3, 0.4) is 0 Å². The van der Waals surface area contributed by atoms with Crippen LogP contribution in [0.4, 0.5) is 0 Å². The van der Waals surface area contributed by atoms with Gasteiger partial charge in [0, 0.05) is 4.90 Å². The van der Waals surface area contributed by atoms with Gasteiger partial charge in [-0.25, -0.2) is 8.42 Å². The summed E-state index contributed by atoms with van der Waals surface area (Å²) in [6.45, 7) is 0. The SMILES string of the molecule is O=S(=O)([O-])c1ccc(Sc2n[nH]c(=S)s2)cc1.[Na+]. The maximum atomic E-state index is 10.7. The molecule has 0 amide bonds. The number of nitrogens with zero attached hydrogens (tertiary/aromatic N) is 1. The zero-order valence-electron chi connectivity index (χ0n) is 9.11. The molecule has 1 aromatic heterocycles. The van der Waals surface area contributed by atoms with E-state index in [4.69, 9.17) is 12.2 Å². The molecule has 10 heteroatoms. The van der Waals surface area contributed by atoms with Crippen molar-refractivity contribution in [2.45, 2.75) is 14.1 Å². The van der Waals surface area contributed by atoms with Gasteiger partial charge >= 0.3 is 29.6 Å². The van der Waals surface area contributed by atoms with Gasteiger partial charge in [-0.1, -0.05) is 23.1 Å². The summed E-state index contributed by atoms with van der Waals surface area (Å²) in [6, 6.07) is 5.66. The Balaban J connectivity index is 0.00000162. The predicted molar refractivity (Wildman–Crippen MR) is 65.8 cm³/mol. The van der Waals surface area contributed by atoms with E-state index in [0.717, 1.165) is 9.24 Å². The van der Waals surface area contributed by atoms with E-state index in [1.165, 1.54) is 35.2 Å². The van der Waals surface area contributed by atoms with E-state index < -0.39 is 10.1 Å². The zero-order valence-corrected chi connectivity index (χ0v) is 14.4. The van der Waals surface area contributed by atoms with Crippen LogP contribution in [0.5, 0.6) is 0 Å². The van der Waals surface area contributed by atoms with Gasteiger partial charge in [0.2, 0.25) is 0 Å². The van der Waals surface area contributed by atoms with Crippen LogP contribution in [0, 0.1) is 3.95 Å². The van der Waals surface area contributed by atoms with Crippen molar-refractivity contribution in [1.82, 2.24) is 10.2 Å². The fourth-order valence-corrected chi connectivity index (χ4v) is 3.56. The summed E-state index contributed by atoms with van der Waals surface area (Å²) in [7, 11) is -4.38. The van der Waals surface area contributed by atoms with Crippen LogP contribution in [-0.4, -0.2) is 23.2 Å². The zero-order chi connectivity index (χ0) is 12.5. The number of benzene rings is 1. The first-order valence-corrected chi connectivity index (χ1v) is 7.69. The average molecular weight is 328 g/mol. The van der Waals surface area contributed by atoms with E-state index >= 15 is 0 Å². The Bertz CT molecular complexity index is 677. The van der Waals surface area contributed by atoms with Gasteiger partial charge in [0.05, 0.1) is 4.90 Å². The summed E-state index contributed by atoms with van der Waals surface area (Å²) < 4.78 is 33.4. The van der Waals surface area contributed by atoms with Crippen LogP contribution in [0.15, 0.2) is 38.4 Å². The first kappa shape index (κ1) is 16.3. The van der Waals surface area contributed by atoms with Gasteiger partial charge in [-0.2, -0.15) is 5.10 Å². The number of nitrogens with one attached hydrogen (secondary N) is 1. The van der Waals surface area contributed by atoms with E-state index in [-0.39, 0.29) is 34.5 Å². The minimum Gasteiger partial charge on any atom is -0.744 e. The van der Waals surface area contributed by atoms with Crippen molar-refractivity contribution in [2.75, 3.05) is 0 Å². The van der Waals surface area contributed by atoms with Crippen LogP contribution in [-0.2, 0) is 10.1 Å². The van der Waals surface area contributed by atoms with Gasteiger partial charge in [-0.3, -0.25) is 5.10 Å². The van der Waals surface area contributed by atoms with Crippen LogP contribution in [0.25, 0.3) is 0 Å². The molecule has 90 valence electrons. The van der Waals surface area contributed by atoms with Crippen LogP contribution in [0.2, 0.25) is 0 Å². The Morgan fingerprint density at radius 3 is 2.39 bits per heavy atom. The molecule has 0 fully saturated rings. The third kappa shape index (κ3) is 4.42. The van der Waals surface area contributed by atoms with Gasteiger partial charge in [-0.15, -0.1) is 0 Å². The monoisotopic (exact) mass is 328 g/mol. The van der Waals surface area contributed by atoms with E-state index in [1.807, 2.05) is 0 Å². The van der Waals surface area contributed by atoms with Gasteiger partial charge in [-0.05, 0) is 36.5 Å². The molecule has 2 rings (SSSR count). The normalized spacial score (nSPS) is 10.9. The summed E-state index contributed by atoms with van der Waals surface area (Å²) in [5, 5.41) is 6.60. The first-order valence-electron chi connectivity index (χ1n) is 4.24. The van der Waals surface area contributed by atoms with E-state index in [0.29, 0.717) is 3.95 Å². The second kappa shape index (κ2) is 6.62. The summed E-state index contributed by atoms with van der Waals surface area (Å²) in [5.74, 6) is 0. The van der Waals surface area contributed by atoms with Crippen molar-refractivity contribution >= 4 is 45.4 Å². The van der Waals surface area contributed by atoms with Gasteiger partial charge in [0.1, 0.15) is 10.1 Å². The second-order valence-electron chi connectivity index (χ2n) is 2.91. The summed E-state index contributed by atoms with van der Waals surface area (Å²) in [6.07, 6.45) is 0. The predicted octanol–water partition coefficient (Wildman–Crippen LogP) is -0.740. The maximum Gasteiger partial charge on any atom is 1.00 e. The molecule has 1 N–H and O–H groups in total. The minimum atomic E-state index is -4.38. The molecule has 0 aliphatic rings. The molecule has 0 spiro atoms. The number of hydrogen-bond acceptors (Lipinski definition) is 7. The molecule has 0 bridgehead atoms. The molecule has 5 nitrogen and oxygen atoms in total. The van der Waals surface area contributed by atoms with E-state index in [9.17, 15) is 13.0 Å². The smallest absolute Gasteiger partial charge is 0.744 e. The maximum absolute atomic E-state index is 10.7. The number of rotatable bonds is 3. The van der Waals surface area contributed by atoms with Crippen molar-refractivity contribution in [3.8, 4) is 0 Å². The Morgan fingerprint density at radius 2 is 1.94 bits per heavy atom. The molecular formula is C8H5N2NaO3S4. The van der Waals surface area contributed by atoms with Crippen molar-refractivity contribution in [2.24, 2.45) is 0 Å². The molecule has 0 aliphatic carbocycles. The topological polar surface area (TPSA) is 85.9 Å². The molecule has 2 aromatic rings. The molecule has 0 aliphatic heterocycles. The first-order chi connectivity index (χ1) is 7.95.